The lowest BCUT2D eigenvalue weighted by Gasteiger charge is -2.15. The summed E-state index contributed by atoms with van der Waals surface area (Å²) in [7, 11) is -3.82. The Kier molecular flexibility index (Phi) is 4.94. The summed E-state index contributed by atoms with van der Waals surface area (Å²) >= 11 is 0. The Morgan fingerprint density at radius 2 is 2.14 bits per heavy atom. The predicted octanol–water partition coefficient (Wildman–Crippen LogP) is 3.47. The Bertz CT molecular complexity index is 1120. The van der Waals surface area contributed by atoms with E-state index in [9.17, 15) is 13.4 Å². The van der Waals surface area contributed by atoms with Crippen LogP contribution in [0.4, 0.5) is 14.9 Å². The average Bonchev–Trinajstić information content (AvgIpc) is 3.33. The highest BCUT2D eigenvalue weighted by atomic mass is 32.2. The van der Waals surface area contributed by atoms with Crippen LogP contribution in [-0.2, 0) is 29.2 Å². The van der Waals surface area contributed by atoms with E-state index in [2.05, 4.69) is 21.7 Å². The van der Waals surface area contributed by atoms with Gasteiger partial charge in [-0.15, -0.1) is 4.36 Å². The molecule has 0 aromatic carbocycles. The maximum absolute atomic E-state index is 14.2. The van der Waals surface area contributed by atoms with E-state index in [1.807, 2.05) is 0 Å². The van der Waals surface area contributed by atoms with Crippen molar-refractivity contribution >= 4 is 21.6 Å². The number of nitrogens with two attached hydrogens (primary N) is 1. The van der Waals surface area contributed by atoms with Crippen LogP contribution in [0, 0.1) is 5.82 Å². The van der Waals surface area contributed by atoms with Crippen molar-refractivity contribution in [1.82, 2.24) is 14.8 Å². The molecule has 0 aliphatic heterocycles. The summed E-state index contributed by atoms with van der Waals surface area (Å²) in [5.74, 6) is -0.515. The second-order valence-corrected chi connectivity index (χ2v) is 9.72. The van der Waals surface area contributed by atoms with Crippen LogP contribution < -0.4 is 10.5 Å². The number of nitrogens with one attached hydrogen (secondary N) is 1. The molecule has 8 nitrogen and oxygen atoms in total. The summed E-state index contributed by atoms with van der Waals surface area (Å²) in [6.07, 6.45) is 5.56. The van der Waals surface area contributed by atoms with Gasteiger partial charge < -0.3 is 5.32 Å². The van der Waals surface area contributed by atoms with Crippen LogP contribution >= 0.6 is 0 Å². The highest BCUT2D eigenvalue weighted by Gasteiger charge is 2.30. The van der Waals surface area contributed by atoms with Crippen LogP contribution in [0.5, 0.6) is 0 Å². The normalized spacial score (nSPS) is 19.7. The van der Waals surface area contributed by atoms with Gasteiger partial charge in [0.15, 0.2) is 15.7 Å². The molecule has 2 amide bonds. The molecule has 4 rings (SSSR count). The molecule has 0 saturated carbocycles. The molecule has 0 saturated heterocycles. The topological polar surface area (TPSA) is 115 Å². The van der Waals surface area contributed by atoms with E-state index in [4.69, 9.17) is 10.1 Å². The minimum Gasteiger partial charge on any atom is -0.305 e. The highest BCUT2D eigenvalue weighted by Crippen LogP contribution is 2.41. The molecule has 2 aromatic rings. The molecule has 29 heavy (non-hydrogen) atoms. The molecule has 0 spiro atoms. The van der Waals surface area contributed by atoms with Crippen molar-refractivity contribution in [2.75, 3.05) is 5.32 Å². The maximum atomic E-state index is 14.2. The van der Waals surface area contributed by atoms with Crippen molar-refractivity contribution in [3.05, 3.63) is 34.5 Å². The van der Waals surface area contributed by atoms with Gasteiger partial charge in [0.05, 0.1) is 11.9 Å². The van der Waals surface area contributed by atoms with E-state index in [1.54, 1.807) is 13.8 Å². The lowest BCUT2D eigenvalue weighted by atomic mass is 10.0. The number of fused-ring (bicyclic) bond motifs is 2. The molecule has 2 aromatic heterocycles. The van der Waals surface area contributed by atoms with Gasteiger partial charge >= 0.3 is 6.03 Å². The summed E-state index contributed by atoms with van der Waals surface area (Å²) in [4.78, 5) is 17.4. The summed E-state index contributed by atoms with van der Waals surface area (Å²) in [6, 6.07) is -1.01. The Balaban J connectivity index is 1.69. The number of halogens is 1. The lowest BCUT2D eigenvalue weighted by Crippen LogP contribution is -2.20. The minimum absolute atomic E-state index is 0.147. The summed E-state index contributed by atoms with van der Waals surface area (Å²) in [5, 5.41) is 11.9. The number of carbonyl (C=O) groups is 1. The quantitative estimate of drug-likeness (QED) is 0.791. The number of hydrogen-bond acceptors (Lipinski definition) is 4. The Morgan fingerprint density at radius 1 is 1.38 bits per heavy atom. The third kappa shape index (κ3) is 3.55. The van der Waals surface area contributed by atoms with E-state index >= 15 is 0 Å². The summed E-state index contributed by atoms with van der Waals surface area (Å²) < 4.78 is 31.9. The maximum Gasteiger partial charge on any atom is 0.354 e. The van der Waals surface area contributed by atoms with Gasteiger partial charge in [0, 0.05) is 17.4 Å². The van der Waals surface area contributed by atoms with Crippen molar-refractivity contribution in [3.8, 4) is 0 Å². The number of pyridine rings is 1. The van der Waals surface area contributed by atoms with E-state index in [1.165, 1.54) is 4.68 Å². The number of aromatic nitrogens is 3. The first-order chi connectivity index (χ1) is 13.7. The van der Waals surface area contributed by atoms with Gasteiger partial charge in [-0.1, -0.05) is 6.92 Å². The zero-order valence-electron chi connectivity index (χ0n) is 16.7. The molecule has 3 N–H and O–H groups in total. The van der Waals surface area contributed by atoms with E-state index < -0.39 is 26.8 Å². The molecule has 156 valence electrons. The fraction of sp³-hybridized carbons (Fsp3) is 0.526. The summed E-state index contributed by atoms with van der Waals surface area (Å²) in [5.41, 5.74) is 4.75. The first-order valence-electron chi connectivity index (χ1n) is 9.82. The SMILES string of the molecule is CC1CCc2c1nc1c(c2NC(=O)N=S(N)(=O)c2nn(C(C)C)cc2F)CCC1. The number of nitrogens with zero attached hydrogens (tertiary/aromatic N) is 4. The Labute approximate surface area is 169 Å². The van der Waals surface area contributed by atoms with Crippen LogP contribution in [0.15, 0.2) is 15.6 Å². The van der Waals surface area contributed by atoms with Crippen molar-refractivity contribution in [3.63, 3.8) is 0 Å². The predicted molar refractivity (Wildman–Crippen MR) is 108 cm³/mol. The fourth-order valence-corrected chi connectivity index (χ4v) is 4.99. The van der Waals surface area contributed by atoms with Gasteiger partial charge in [-0.2, -0.15) is 5.10 Å². The van der Waals surface area contributed by atoms with E-state index in [-0.39, 0.29) is 6.04 Å². The molecular weight excluding hydrogens is 395 g/mol. The Morgan fingerprint density at radius 3 is 2.83 bits per heavy atom. The van der Waals surface area contributed by atoms with Crippen LogP contribution in [0.1, 0.15) is 68.1 Å². The molecule has 0 bridgehead atoms. The molecule has 10 heteroatoms. The number of aryl methyl sites for hydroxylation is 1. The highest BCUT2D eigenvalue weighted by molar-refractivity contribution is 7.91. The third-order valence-corrected chi connectivity index (χ3v) is 6.83. The summed E-state index contributed by atoms with van der Waals surface area (Å²) in [6.45, 7) is 5.71. The molecule has 2 heterocycles. The van der Waals surface area contributed by atoms with E-state index in [0.717, 1.165) is 60.8 Å². The zero-order chi connectivity index (χ0) is 20.9. The second kappa shape index (κ2) is 7.17. The molecule has 0 radical (unpaired) electrons. The first kappa shape index (κ1) is 20.0. The van der Waals surface area contributed by atoms with Gasteiger partial charge in [-0.3, -0.25) is 9.67 Å². The number of anilines is 1. The van der Waals surface area contributed by atoms with Gasteiger partial charge in [0.1, 0.15) is 0 Å². The molecular formula is C19H25FN6O2S. The van der Waals surface area contributed by atoms with Crippen molar-refractivity contribution in [2.45, 2.75) is 69.9 Å². The van der Waals surface area contributed by atoms with Gasteiger partial charge in [0.2, 0.25) is 5.03 Å². The van der Waals surface area contributed by atoms with Crippen LogP contribution in [0.25, 0.3) is 0 Å². The van der Waals surface area contributed by atoms with Gasteiger partial charge in [-0.05, 0) is 63.0 Å². The molecule has 2 unspecified atom stereocenters. The van der Waals surface area contributed by atoms with Crippen LogP contribution in [-0.4, -0.2) is 25.0 Å². The Hall–Kier alpha value is -2.33. The third-order valence-electron chi connectivity index (χ3n) is 5.56. The van der Waals surface area contributed by atoms with Gasteiger partial charge in [-0.25, -0.2) is 18.5 Å². The van der Waals surface area contributed by atoms with Crippen molar-refractivity contribution < 1.29 is 13.4 Å². The van der Waals surface area contributed by atoms with Crippen LogP contribution in [0.3, 0.4) is 0 Å². The van der Waals surface area contributed by atoms with E-state index in [0.29, 0.717) is 11.6 Å². The largest absolute Gasteiger partial charge is 0.354 e. The van der Waals surface area contributed by atoms with Crippen molar-refractivity contribution in [1.29, 1.82) is 0 Å². The van der Waals surface area contributed by atoms with Gasteiger partial charge in [0.25, 0.3) is 0 Å². The van der Waals surface area contributed by atoms with Crippen molar-refractivity contribution in [2.24, 2.45) is 9.50 Å². The minimum atomic E-state index is -3.82. The number of urea groups is 1. The molecule has 2 atom stereocenters. The smallest absolute Gasteiger partial charge is 0.305 e. The monoisotopic (exact) mass is 420 g/mol. The number of amides is 2. The zero-order valence-corrected chi connectivity index (χ0v) is 17.6. The van der Waals surface area contributed by atoms with Crippen LogP contribution in [0.2, 0.25) is 0 Å². The number of rotatable bonds is 3. The molecule has 0 fully saturated rings. The molecule has 2 aliphatic rings. The lowest BCUT2D eigenvalue weighted by molar-refractivity contribution is 0.260. The molecule has 2 aliphatic carbocycles. The number of hydrogen-bond donors (Lipinski definition) is 2. The second-order valence-electron chi connectivity index (χ2n) is 8.02. The fourth-order valence-electron chi connectivity index (χ4n) is 4.06. The average molecular weight is 421 g/mol. The number of carbonyl (C=O) groups excluding carboxylic acids is 1. The standard InChI is InChI=1S/C19H25FN6O2S/c1-10(2)26-9-14(20)18(24-26)29(21,28)25-19(27)23-17-12-5-4-6-15(12)22-16-11(3)7-8-13(16)17/h9-11H,4-8H2,1-3H3,(H3,21,22,23,25,27,28). The first-order valence-corrected chi connectivity index (χ1v) is 11.4.